The minimum Gasteiger partial charge on any atom is -0.155 e. The van der Waals surface area contributed by atoms with Crippen LogP contribution in [0.1, 0.15) is 31.0 Å². The first kappa shape index (κ1) is 10.8. The Labute approximate surface area is 96.4 Å². The molecule has 1 heterocycles. The molecule has 82 valence electrons. The fourth-order valence-corrected chi connectivity index (χ4v) is 1.65. The van der Waals surface area contributed by atoms with E-state index in [9.17, 15) is 0 Å². The fraction of sp³-hybridized carbons (Fsp3) is 0.286. The van der Waals surface area contributed by atoms with Crippen molar-refractivity contribution >= 4 is 0 Å². The smallest absolute Gasteiger partial charge is 0.0932 e. The van der Waals surface area contributed by atoms with Crippen LogP contribution in [0.3, 0.4) is 0 Å². The van der Waals surface area contributed by atoms with Crippen LogP contribution in [0, 0.1) is 6.92 Å². The Balaban J connectivity index is 2.39. The number of nitrogens with zero attached hydrogens (tertiary/aromatic N) is 2. The lowest BCUT2D eigenvalue weighted by molar-refractivity contribution is 0.787. The summed E-state index contributed by atoms with van der Waals surface area (Å²) in [6, 6.07) is 12.3. The van der Waals surface area contributed by atoms with E-state index in [1.807, 2.05) is 18.2 Å². The van der Waals surface area contributed by atoms with Crippen molar-refractivity contribution in [3.05, 3.63) is 47.7 Å². The van der Waals surface area contributed by atoms with E-state index >= 15 is 0 Å². The number of hydrogen-bond donors (Lipinski definition) is 0. The molecule has 0 aliphatic rings. The number of rotatable bonds is 2. The molecule has 2 heteroatoms. The van der Waals surface area contributed by atoms with Gasteiger partial charge in [0.2, 0.25) is 0 Å². The highest BCUT2D eigenvalue weighted by Gasteiger charge is 2.05. The number of aromatic nitrogens is 2. The van der Waals surface area contributed by atoms with Crippen LogP contribution in [0.5, 0.6) is 0 Å². The second kappa shape index (κ2) is 4.44. The molecular formula is C14H16N2. The number of hydrogen-bond acceptors (Lipinski definition) is 2. The van der Waals surface area contributed by atoms with Crippen LogP contribution in [0.15, 0.2) is 36.4 Å². The summed E-state index contributed by atoms with van der Waals surface area (Å²) in [5.74, 6) is 0.429. The molecule has 2 rings (SSSR count). The van der Waals surface area contributed by atoms with E-state index in [4.69, 9.17) is 0 Å². The van der Waals surface area contributed by atoms with Gasteiger partial charge < -0.3 is 0 Å². The van der Waals surface area contributed by atoms with Crippen LogP contribution in [-0.4, -0.2) is 10.2 Å². The van der Waals surface area contributed by atoms with Crippen LogP contribution in [0.4, 0.5) is 0 Å². The summed E-state index contributed by atoms with van der Waals surface area (Å²) in [7, 11) is 0. The van der Waals surface area contributed by atoms with Gasteiger partial charge in [0.15, 0.2) is 0 Å². The zero-order valence-corrected chi connectivity index (χ0v) is 9.94. The van der Waals surface area contributed by atoms with Crippen molar-refractivity contribution in [3.8, 4) is 11.3 Å². The molecule has 0 saturated carbocycles. The first-order chi connectivity index (χ1) is 7.68. The van der Waals surface area contributed by atoms with Gasteiger partial charge in [-0.3, -0.25) is 0 Å². The van der Waals surface area contributed by atoms with Crippen molar-refractivity contribution in [2.75, 3.05) is 0 Å². The minimum absolute atomic E-state index is 0.429. The average Bonchev–Trinajstić information content (AvgIpc) is 2.30. The number of aryl methyl sites for hydroxylation is 1. The van der Waals surface area contributed by atoms with Gasteiger partial charge in [-0.25, -0.2) is 0 Å². The van der Waals surface area contributed by atoms with Gasteiger partial charge in [-0.2, -0.15) is 10.2 Å². The summed E-state index contributed by atoms with van der Waals surface area (Å²) in [5.41, 5.74) is 4.37. The monoisotopic (exact) mass is 212 g/mol. The zero-order chi connectivity index (χ0) is 11.5. The Bertz CT molecular complexity index is 472. The van der Waals surface area contributed by atoms with Gasteiger partial charge in [-0.05, 0) is 30.5 Å². The summed E-state index contributed by atoms with van der Waals surface area (Å²) in [6.07, 6.45) is 0. The highest BCUT2D eigenvalue weighted by Crippen LogP contribution is 2.21. The van der Waals surface area contributed by atoms with Crippen molar-refractivity contribution in [1.29, 1.82) is 0 Å². The molecule has 0 radical (unpaired) electrons. The van der Waals surface area contributed by atoms with Crippen molar-refractivity contribution in [1.82, 2.24) is 10.2 Å². The van der Waals surface area contributed by atoms with E-state index in [1.165, 1.54) is 5.56 Å². The first-order valence-corrected chi connectivity index (χ1v) is 5.58. The molecule has 2 aromatic rings. The van der Waals surface area contributed by atoms with Crippen molar-refractivity contribution in [2.24, 2.45) is 0 Å². The maximum absolute atomic E-state index is 4.28. The van der Waals surface area contributed by atoms with Gasteiger partial charge in [-0.15, -0.1) is 0 Å². The van der Waals surface area contributed by atoms with Gasteiger partial charge in [-0.1, -0.05) is 38.1 Å². The lowest BCUT2D eigenvalue weighted by Gasteiger charge is -2.06. The molecule has 0 atom stereocenters. The van der Waals surface area contributed by atoms with E-state index in [0.717, 1.165) is 17.0 Å². The fourth-order valence-electron chi connectivity index (χ4n) is 1.65. The minimum atomic E-state index is 0.429. The quantitative estimate of drug-likeness (QED) is 0.760. The third-order valence-corrected chi connectivity index (χ3v) is 2.70. The molecule has 0 aliphatic heterocycles. The third-order valence-electron chi connectivity index (χ3n) is 2.70. The molecule has 0 saturated heterocycles. The molecule has 0 fully saturated rings. The van der Waals surface area contributed by atoms with E-state index < -0.39 is 0 Å². The van der Waals surface area contributed by atoms with E-state index in [2.05, 4.69) is 49.2 Å². The van der Waals surface area contributed by atoms with Crippen LogP contribution >= 0.6 is 0 Å². The van der Waals surface area contributed by atoms with Crippen LogP contribution in [0.2, 0.25) is 0 Å². The SMILES string of the molecule is Cc1ccccc1-c1ccc(C(C)C)nn1. The predicted octanol–water partition coefficient (Wildman–Crippen LogP) is 3.58. The Morgan fingerprint density at radius 1 is 0.938 bits per heavy atom. The summed E-state index contributed by atoms with van der Waals surface area (Å²) < 4.78 is 0. The number of benzene rings is 1. The molecule has 0 amide bonds. The van der Waals surface area contributed by atoms with Gasteiger partial charge in [0.05, 0.1) is 11.4 Å². The molecule has 0 N–H and O–H groups in total. The molecule has 2 nitrogen and oxygen atoms in total. The van der Waals surface area contributed by atoms with Crippen LogP contribution in [-0.2, 0) is 0 Å². The normalized spacial score (nSPS) is 10.8. The second-order valence-corrected chi connectivity index (χ2v) is 4.31. The van der Waals surface area contributed by atoms with Crippen molar-refractivity contribution in [2.45, 2.75) is 26.7 Å². The summed E-state index contributed by atoms with van der Waals surface area (Å²) in [6.45, 7) is 6.34. The van der Waals surface area contributed by atoms with E-state index in [0.29, 0.717) is 5.92 Å². The average molecular weight is 212 g/mol. The molecule has 0 aliphatic carbocycles. The predicted molar refractivity (Wildman–Crippen MR) is 66.3 cm³/mol. The maximum Gasteiger partial charge on any atom is 0.0932 e. The third kappa shape index (κ3) is 2.11. The summed E-state index contributed by atoms with van der Waals surface area (Å²) in [4.78, 5) is 0. The lowest BCUT2D eigenvalue weighted by atomic mass is 10.0. The van der Waals surface area contributed by atoms with Crippen LogP contribution in [0.25, 0.3) is 11.3 Å². The second-order valence-electron chi connectivity index (χ2n) is 4.31. The molecule has 1 aromatic carbocycles. The molecular weight excluding hydrogens is 196 g/mol. The molecule has 0 bridgehead atoms. The highest BCUT2D eigenvalue weighted by molar-refractivity contribution is 5.62. The Hall–Kier alpha value is -1.70. The Morgan fingerprint density at radius 2 is 1.69 bits per heavy atom. The molecule has 0 unspecified atom stereocenters. The topological polar surface area (TPSA) is 25.8 Å². The Kier molecular flexibility index (Phi) is 3.00. The van der Waals surface area contributed by atoms with Crippen molar-refractivity contribution in [3.63, 3.8) is 0 Å². The maximum atomic E-state index is 4.28. The largest absolute Gasteiger partial charge is 0.155 e. The standard InChI is InChI=1S/C14H16N2/c1-10(2)13-8-9-14(16-15-13)12-7-5-4-6-11(12)3/h4-10H,1-3H3. The van der Waals surface area contributed by atoms with E-state index in [-0.39, 0.29) is 0 Å². The van der Waals surface area contributed by atoms with E-state index in [1.54, 1.807) is 0 Å². The summed E-state index contributed by atoms with van der Waals surface area (Å²) >= 11 is 0. The van der Waals surface area contributed by atoms with Gasteiger partial charge >= 0.3 is 0 Å². The highest BCUT2D eigenvalue weighted by atomic mass is 15.1. The zero-order valence-electron chi connectivity index (χ0n) is 9.94. The Morgan fingerprint density at radius 3 is 2.25 bits per heavy atom. The first-order valence-electron chi connectivity index (χ1n) is 5.58. The molecule has 1 aromatic heterocycles. The van der Waals surface area contributed by atoms with Gasteiger partial charge in [0.25, 0.3) is 0 Å². The molecule has 0 spiro atoms. The van der Waals surface area contributed by atoms with Crippen LogP contribution < -0.4 is 0 Å². The molecule has 16 heavy (non-hydrogen) atoms. The van der Waals surface area contributed by atoms with Gasteiger partial charge in [0, 0.05) is 5.56 Å². The lowest BCUT2D eigenvalue weighted by Crippen LogP contribution is -1.96. The summed E-state index contributed by atoms with van der Waals surface area (Å²) in [5, 5.41) is 8.53. The van der Waals surface area contributed by atoms with Crippen molar-refractivity contribution < 1.29 is 0 Å². The van der Waals surface area contributed by atoms with Gasteiger partial charge in [0.1, 0.15) is 0 Å².